The molecule has 1 aromatic heterocycles. The summed E-state index contributed by atoms with van der Waals surface area (Å²) < 4.78 is 0.656. The van der Waals surface area contributed by atoms with Crippen LogP contribution < -0.4 is 15.8 Å². The van der Waals surface area contributed by atoms with Gasteiger partial charge in [-0.05, 0) is 88.9 Å². The van der Waals surface area contributed by atoms with E-state index in [1.54, 1.807) is 30.3 Å². The van der Waals surface area contributed by atoms with Crippen LogP contribution in [0.1, 0.15) is 31.8 Å². The van der Waals surface area contributed by atoms with E-state index in [1.165, 1.54) is 11.1 Å². The monoisotopic (exact) mass is 500 g/mol. The van der Waals surface area contributed by atoms with E-state index in [0.29, 0.717) is 15.6 Å². The van der Waals surface area contributed by atoms with Gasteiger partial charge in [-0.1, -0.05) is 24.3 Å². The molecule has 6 nitrogen and oxygen atoms in total. The predicted molar refractivity (Wildman–Crippen MR) is 133 cm³/mol. The molecule has 0 aliphatic carbocycles. The quantitative estimate of drug-likeness (QED) is 0.385. The second-order valence-corrected chi connectivity index (χ2v) is 8.86. The van der Waals surface area contributed by atoms with Crippen LogP contribution in [0, 0.1) is 6.92 Å². The summed E-state index contributed by atoms with van der Waals surface area (Å²) >= 11 is 3.33. The number of hydrogen-bond acceptors (Lipinski definition) is 4. The number of nitrogens with one attached hydrogen (secondary N) is 2. The summed E-state index contributed by atoms with van der Waals surface area (Å²) in [6, 6.07) is 22.9. The van der Waals surface area contributed by atoms with Crippen LogP contribution in [-0.2, 0) is 6.42 Å². The first-order chi connectivity index (χ1) is 16.0. The van der Waals surface area contributed by atoms with Crippen molar-refractivity contribution in [1.82, 2.24) is 15.8 Å². The molecule has 3 aromatic carbocycles. The first kappa shape index (κ1) is 21.2. The van der Waals surface area contributed by atoms with E-state index in [4.69, 9.17) is 4.98 Å². The molecule has 2 heterocycles. The number of rotatable bonds is 3. The van der Waals surface area contributed by atoms with Crippen LogP contribution in [0.25, 0.3) is 10.9 Å². The molecule has 1 aliphatic rings. The van der Waals surface area contributed by atoms with Crippen molar-refractivity contribution in [2.24, 2.45) is 0 Å². The van der Waals surface area contributed by atoms with Crippen molar-refractivity contribution in [2.45, 2.75) is 13.3 Å². The number of benzene rings is 3. The Balaban J connectivity index is 1.30. The number of fused-ring (bicyclic) bond motifs is 2. The molecule has 5 rings (SSSR count). The Hall–Kier alpha value is -3.71. The Morgan fingerprint density at radius 2 is 1.70 bits per heavy atom. The molecule has 0 radical (unpaired) electrons. The summed E-state index contributed by atoms with van der Waals surface area (Å²) in [5, 5.41) is 1.15. The van der Waals surface area contributed by atoms with Gasteiger partial charge in [0.1, 0.15) is 5.82 Å². The highest BCUT2D eigenvalue weighted by Gasteiger charge is 2.23. The summed E-state index contributed by atoms with van der Waals surface area (Å²) in [5.41, 5.74) is 10.2. The van der Waals surface area contributed by atoms with Gasteiger partial charge in [0.25, 0.3) is 11.8 Å². The maximum Gasteiger partial charge on any atom is 0.270 e. The Morgan fingerprint density at radius 3 is 2.48 bits per heavy atom. The standard InChI is InChI=1S/C26H21BrN4O2/c1-16-6-7-18-15-19-12-13-31(24(19)28-23(18)14-16)20-10-8-17(9-11-20)25(32)29-30-26(33)21-4-2-3-5-22(21)27/h2-11,14-15H,12-13H2,1H3,(H,29,32)(H,30,33). The summed E-state index contributed by atoms with van der Waals surface area (Å²) in [4.78, 5) is 31.9. The fourth-order valence-electron chi connectivity index (χ4n) is 4.01. The molecule has 2 N–H and O–H groups in total. The maximum absolute atomic E-state index is 12.5. The van der Waals surface area contributed by atoms with E-state index in [9.17, 15) is 9.59 Å². The van der Waals surface area contributed by atoms with Crippen LogP contribution in [0.5, 0.6) is 0 Å². The third-order valence-electron chi connectivity index (χ3n) is 5.74. The van der Waals surface area contributed by atoms with Crippen LogP contribution >= 0.6 is 15.9 Å². The van der Waals surface area contributed by atoms with Crippen molar-refractivity contribution in [1.29, 1.82) is 0 Å². The largest absolute Gasteiger partial charge is 0.326 e. The van der Waals surface area contributed by atoms with Gasteiger partial charge < -0.3 is 4.90 Å². The Kier molecular flexibility index (Phi) is 5.56. The van der Waals surface area contributed by atoms with Gasteiger partial charge in [0, 0.05) is 27.7 Å². The van der Waals surface area contributed by atoms with Crippen molar-refractivity contribution in [2.75, 3.05) is 11.4 Å². The minimum atomic E-state index is -0.394. The normalized spacial score (nSPS) is 12.5. The molecule has 1 aliphatic heterocycles. The lowest BCUT2D eigenvalue weighted by atomic mass is 10.1. The number of halogens is 1. The maximum atomic E-state index is 12.5. The highest BCUT2D eigenvalue weighted by molar-refractivity contribution is 9.10. The van der Waals surface area contributed by atoms with Gasteiger partial charge in [0.2, 0.25) is 0 Å². The van der Waals surface area contributed by atoms with E-state index in [1.807, 2.05) is 18.2 Å². The Bertz CT molecular complexity index is 1390. The minimum Gasteiger partial charge on any atom is -0.326 e. The summed E-state index contributed by atoms with van der Waals surface area (Å²) in [6.45, 7) is 2.90. The molecule has 0 spiro atoms. The molecule has 0 saturated heterocycles. The zero-order valence-corrected chi connectivity index (χ0v) is 19.5. The van der Waals surface area contributed by atoms with Gasteiger partial charge in [0.05, 0.1) is 11.1 Å². The van der Waals surface area contributed by atoms with Crippen molar-refractivity contribution in [3.05, 3.63) is 99.5 Å². The molecule has 7 heteroatoms. The SMILES string of the molecule is Cc1ccc2cc3c(nc2c1)N(c1ccc(C(=O)NNC(=O)c2ccccc2Br)cc1)CC3. The minimum absolute atomic E-state index is 0.386. The second-order valence-electron chi connectivity index (χ2n) is 8.00. The third-order valence-corrected chi connectivity index (χ3v) is 6.43. The average Bonchev–Trinajstić information content (AvgIpc) is 3.24. The number of aryl methyl sites for hydroxylation is 1. The van der Waals surface area contributed by atoms with Gasteiger partial charge in [-0.15, -0.1) is 0 Å². The third kappa shape index (κ3) is 4.19. The Morgan fingerprint density at radius 1 is 0.939 bits per heavy atom. The van der Waals surface area contributed by atoms with Gasteiger partial charge in [-0.2, -0.15) is 0 Å². The molecule has 164 valence electrons. The van der Waals surface area contributed by atoms with Crippen LogP contribution in [0.15, 0.2) is 77.3 Å². The van der Waals surface area contributed by atoms with Crippen molar-refractivity contribution < 1.29 is 9.59 Å². The number of anilines is 2. The lowest BCUT2D eigenvalue weighted by Crippen LogP contribution is -2.41. The average molecular weight is 501 g/mol. The second kappa shape index (κ2) is 8.67. The molecular formula is C26H21BrN4O2. The molecule has 0 atom stereocenters. The number of hydrazine groups is 1. The van der Waals surface area contributed by atoms with Gasteiger partial charge >= 0.3 is 0 Å². The molecule has 0 fully saturated rings. The molecule has 0 bridgehead atoms. The van der Waals surface area contributed by atoms with Gasteiger partial charge in [-0.25, -0.2) is 4.98 Å². The van der Waals surface area contributed by atoms with Crippen LogP contribution in [0.3, 0.4) is 0 Å². The van der Waals surface area contributed by atoms with E-state index < -0.39 is 5.91 Å². The van der Waals surface area contributed by atoms with Crippen LogP contribution in [0.4, 0.5) is 11.5 Å². The molecule has 0 unspecified atom stereocenters. The first-order valence-electron chi connectivity index (χ1n) is 10.6. The Labute approximate surface area is 199 Å². The number of nitrogens with zero attached hydrogens (tertiary/aromatic N) is 2. The molecular weight excluding hydrogens is 480 g/mol. The molecule has 2 amide bonds. The van der Waals surface area contributed by atoms with Crippen molar-refractivity contribution in [3.63, 3.8) is 0 Å². The van der Waals surface area contributed by atoms with E-state index in [2.05, 4.69) is 62.9 Å². The lowest BCUT2D eigenvalue weighted by molar-refractivity contribution is 0.0846. The van der Waals surface area contributed by atoms with E-state index >= 15 is 0 Å². The van der Waals surface area contributed by atoms with Crippen molar-refractivity contribution in [3.8, 4) is 0 Å². The smallest absolute Gasteiger partial charge is 0.270 e. The van der Waals surface area contributed by atoms with E-state index in [-0.39, 0.29) is 5.91 Å². The molecule has 0 saturated carbocycles. The number of carbonyl (C=O) groups excluding carboxylic acids is 2. The van der Waals surface area contributed by atoms with Crippen molar-refractivity contribution >= 4 is 50.2 Å². The molecule has 33 heavy (non-hydrogen) atoms. The van der Waals surface area contributed by atoms with Crippen LogP contribution in [-0.4, -0.2) is 23.3 Å². The van der Waals surface area contributed by atoms with Crippen LogP contribution in [0.2, 0.25) is 0 Å². The number of amides is 2. The number of aromatic nitrogens is 1. The highest BCUT2D eigenvalue weighted by Crippen LogP contribution is 2.35. The zero-order chi connectivity index (χ0) is 22.9. The predicted octanol–water partition coefficient (Wildman–Crippen LogP) is 5.07. The summed E-state index contributed by atoms with van der Waals surface area (Å²) in [6.07, 6.45) is 0.926. The lowest BCUT2D eigenvalue weighted by Gasteiger charge is -2.19. The zero-order valence-electron chi connectivity index (χ0n) is 17.9. The fraction of sp³-hybridized carbons (Fsp3) is 0.115. The number of carbonyl (C=O) groups is 2. The van der Waals surface area contributed by atoms with Gasteiger partial charge in [0.15, 0.2) is 0 Å². The van der Waals surface area contributed by atoms with Gasteiger partial charge in [-0.3, -0.25) is 20.4 Å². The number of pyridine rings is 1. The summed E-state index contributed by atoms with van der Waals surface area (Å²) in [5.74, 6) is 0.184. The fourth-order valence-corrected chi connectivity index (χ4v) is 4.47. The summed E-state index contributed by atoms with van der Waals surface area (Å²) in [7, 11) is 0. The highest BCUT2D eigenvalue weighted by atomic mass is 79.9. The first-order valence-corrected chi connectivity index (χ1v) is 11.4. The van der Waals surface area contributed by atoms with E-state index in [0.717, 1.165) is 35.4 Å². The molecule has 4 aromatic rings. The topological polar surface area (TPSA) is 74.3 Å². The number of hydrogen-bond donors (Lipinski definition) is 2.